The largest absolute Gasteiger partial charge is 0.481 e. The third kappa shape index (κ3) is 5.83. The number of rotatable bonds is 8. The molecule has 4 nitrogen and oxygen atoms in total. The average molecular weight is 443 g/mol. The molecule has 1 atom stereocenters. The second-order valence-electron chi connectivity index (χ2n) is 7.65. The maximum absolute atomic E-state index is 12.5. The van der Waals surface area contributed by atoms with Crippen molar-refractivity contribution in [2.75, 3.05) is 6.54 Å². The van der Waals surface area contributed by atoms with Gasteiger partial charge in [0.2, 0.25) is 0 Å². The summed E-state index contributed by atoms with van der Waals surface area (Å²) in [6.07, 6.45) is 0.105. The van der Waals surface area contributed by atoms with Crippen LogP contribution in [0.3, 0.4) is 0 Å². The summed E-state index contributed by atoms with van der Waals surface area (Å²) in [5.74, 6) is 0.981. The first kappa shape index (κ1) is 22.3. The topological polar surface area (TPSA) is 51.2 Å². The number of halogens is 1. The Labute approximate surface area is 187 Å². The van der Waals surface area contributed by atoms with Crippen molar-refractivity contribution in [1.29, 1.82) is 0 Å². The van der Waals surface area contributed by atoms with Crippen LogP contribution in [0.25, 0.3) is 10.6 Å². The molecule has 2 aromatic carbocycles. The standard InChI is InChI=1S/C24H27ClN2O2S/c1-15(2)21-10-5-16(3)13-22(21)29-17(4)23(28)26-12-11-20-14-30-24(27-20)18-6-8-19(25)9-7-18/h5-10,13-15,17H,11-12H2,1-4H3,(H,26,28). The highest BCUT2D eigenvalue weighted by Gasteiger charge is 2.17. The lowest BCUT2D eigenvalue weighted by atomic mass is 10.0. The molecule has 1 amide bonds. The Balaban J connectivity index is 1.52. The number of nitrogens with one attached hydrogen (secondary N) is 1. The molecule has 0 aliphatic rings. The maximum atomic E-state index is 12.5. The minimum Gasteiger partial charge on any atom is -0.481 e. The van der Waals surface area contributed by atoms with Gasteiger partial charge in [0, 0.05) is 28.9 Å². The quantitative estimate of drug-likeness (QED) is 0.464. The molecule has 0 aliphatic carbocycles. The Morgan fingerprint density at radius 2 is 1.90 bits per heavy atom. The van der Waals surface area contributed by atoms with Crippen molar-refractivity contribution in [3.8, 4) is 16.3 Å². The van der Waals surface area contributed by atoms with Gasteiger partial charge in [-0.05, 0) is 49.1 Å². The maximum Gasteiger partial charge on any atom is 0.260 e. The zero-order valence-electron chi connectivity index (χ0n) is 17.7. The number of hydrogen-bond acceptors (Lipinski definition) is 4. The van der Waals surface area contributed by atoms with Crippen LogP contribution >= 0.6 is 22.9 Å². The lowest BCUT2D eigenvalue weighted by Crippen LogP contribution is -2.37. The van der Waals surface area contributed by atoms with E-state index < -0.39 is 6.10 Å². The Kier molecular flexibility index (Phi) is 7.51. The highest BCUT2D eigenvalue weighted by molar-refractivity contribution is 7.13. The fourth-order valence-corrected chi connectivity index (χ4v) is 4.06. The summed E-state index contributed by atoms with van der Waals surface area (Å²) < 4.78 is 5.99. The SMILES string of the molecule is Cc1ccc(C(C)C)c(OC(C)C(=O)NCCc2csc(-c3ccc(Cl)cc3)n2)c1. The molecule has 1 unspecified atom stereocenters. The molecule has 0 spiro atoms. The van der Waals surface area contributed by atoms with Gasteiger partial charge in [-0.25, -0.2) is 4.98 Å². The van der Waals surface area contributed by atoms with E-state index in [0.29, 0.717) is 23.9 Å². The molecule has 0 radical (unpaired) electrons. The van der Waals surface area contributed by atoms with Crippen molar-refractivity contribution in [3.05, 3.63) is 69.7 Å². The van der Waals surface area contributed by atoms with E-state index in [1.807, 2.05) is 42.6 Å². The number of carbonyl (C=O) groups is 1. The van der Waals surface area contributed by atoms with Crippen molar-refractivity contribution >= 4 is 28.8 Å². The Morgan fingerprint density at radius 3 is 2.60 bits per heavy atom. The fraction of sp³-hybridized carbons (Fsp3) is 0.333. The zero-order chi connectivity index (χ0) is 21.7. The molecule has 30 heavy (non-hydrogen) atoms. The molecule has 0 saturated carbocycles. The molecule has 6 heteroatoms. The van der Waals surface area contributed by atoms with Gasteiger partial charge in [0.05, 0.1) is 5.69 Å². The lowest BCUT2D eigenvalue weighted by molar-refractivity contribution is -0.127. The number of ether oxygens (including phenoxy) is 1. The third-order valence-electron chi connectivity index (χ3n) is 4.79. The van der Waals surface area contributed by atoms with Crippen LogP contribution in [-0.2, 0) is 11.2 Å². The summed E-state index contributed by atoms with van der Waals surface area (Å²) in [7, 11) is 0. The van der Waals surface area contributed by atoms with Gasteiger partial charge in [-0.15, -0.1) is 11.3 Å². The second-order valence-corrected chi connectivity index (χ2v) is 8.94. The van der Waals surface area contributed by atoms with Gasteiger partial charge in [0.15, 0.2) is 6.10 Å². The second kappa shape index (κ2) is 10.1. The van der Waals surface area contributed by atoms with Crippen LogP contribution in [0.2, 0.25) is 5.02 Å². The molecule has 1 N–H and O–H groups in total. The molecule has 158 valence electrons. The normalized spacial score (nSPS) is 12.1. The van der Waals surface area contributed by atoms with Crippen molar-refractivity contribution in [2.45, 2.75) is 46.1 Å². The highest BCUT2D eigenvalue weighted by Crippen LogP contribution is 2.28. The van der Waals surface area contributed by atoms with Gasteiger partial charge in [0.25, 0.3) is 5.91 Å². The summed E-state index contributed by atoms with van der Waals surface area (Å²) in [6, 6.07) is 13.8. The smallest absolute Gasteiger partial charge is 0.260 e. The number of thiazole rings is 1. The molecule has 1 heterocycles. The minimum absolute atomic E-state index is 0.126. The van der Waals surface area contributed by atoms with Crippen molar-refractivity contribution in [3.63, 3.8) is 0 Å². The average Bonchev–Trinajstić information content (AvgIpc) is 3.17. The molecule has 0 fully saturated rings. The van der Waals surface area contributed by atoms with E-state index in [2.05, 4.69) is 36.3 Å². The van der Waals surface area contributed by atoms with Gasteiger partial charge in [0.1, 0.15) is 10.8 Å². The van der Waals surface area contributed by atoms with Gasteiger partial charge < -0.3 is 10.1 Å². The number of nitrogens with zero attached hydrogens (tertiary/aromatic N) is 1. The number of aryl methyl sites for hydroxylation is 1. The molecular formula is C24H27ClN2O2S. The number of aromatic nitrogens is 1. The van der Waals surface area contributed by atoms with Gasteiger partial charge in [-0.3, -0.25) is 4.79 Å². The lowest BCUT2D eigenvalue weighted by Gasteiger charge is -2.19. The van der Waals surface area contributed by atoms with E-state index in [1.165, 1.54) is 0 Å². The Morgan fingerprint density at radius 1 is 1.17 bits per heavy atom. The zero-order valence-corrected chi connectivity index (χ0v) is 19.3. The molecule has 0 saturated heterocycles. The van der Waals surface area contributed by atoms with Gasteiger partial charge >= 0.3 is 0 Å². The Hall–Kier alpha value is -2.37. The summed E-state index contributed by atoms with van der Waals surface area (Å²) in [5.41, 5.74) is 4.22. The van der Waals surface area contributed by atoms with E-state index in [9.17, 15) is 4.79 Å². The fourth-order valence-electron chi connectivity index (χ4n) is 3.07. The first-order valence-corrected chi connectivity index (χ1v) is 11.3. The summed E-state index contributed by atoms with van der Waals surface area (Å²) in [6.45, 7) is 8.56. The van der Waals surface area contributed by atoms with E-state index in [1.54, 1.807) is 18.3 Å². The van der Waals surface area contributed by atoms with Crippen LogP contribution in [0.15, 0.2) is 47.8 Å². The summed E-state index contributed by atoms with van der Waals surface area (Å²) in [5, 5.41) is 6.64. The predicted octanol–water partition coefficient (Wildman–Crippen LogP) is 6.02. The number of carbonyl (C=O) groups excluding carboxylic acids is 1. The summed E-state index contributed by atoms with van der Waals surface area (Å²) >= 11 is 7.53. The minimum atomic E-state index is -0.565. The molecular weight excluding hydrogens is 416 g/mol. The van der Waals surface area contributed by atoms with Crippen molar-refractivity contribution < 1.29 is 9.53 Å². The van der Waals surface area contributed by atoms with E-state index >= 15 is 0 Å². The Bertz CT molecular complexity index is 999. The van der Waals surface area contributed by atoms with Crippen molar-refractivity contribution in [1.82, 2.24) is 10.3 Å². The molecule has 3 aromatic rings. The number of hydrogen-bond donors (Lipinski definition) is 1. The molecule has 1 aromatic heterocycles. The molecule has 0 aliphatic heterocycles. The number of benzene rings is 2. The van der Waals surface area contributed by atoms with E-state index in [4.69, 9.17) is 16.3 Å². The molecule has 0 bridgehead atoms. The van der Waals surface area contributed by atoms with Crippen LogP contribution in [0.4, 0.5) is 0 Å². The van der Waals surface area contributed by atoms with Crippen LogP contribution < -0.4 is 10.1 Å². The van der Waals surface area contributed by atoms with Crippen molar-refractivity contribution in [2.24, 2.45) is 0 Å². The molecule has 3 rings (SSSR count). The monoisotopic (exact) mass is 442 g/mol. The first-order valence-electron chi connectivity index (χ1n) is 10.1. The summed E-state index contributed by atoms with van der Waals surface area (Å²) in [4.78, 5) is 17.1. The van der Waals surface area contributed by atoms with Crippen LogP contribution in [-0.4, -0.2) is 23.5 Å². The predicted molar refractivity (Wildman–Crippen MR) is 125 cm³/mol. The van der Waals surface area contributed by atoms with Gasteiger partial charge in [-0.2, -0.15) is 0 Å². The third-order valence-corrected chi connectivity index (χ3v) is 5.98. The highest BCUT2D eigenvalue weighted by atomic mass is 35.5. The van der Waals surface area contributed by atoms with E-state index in [-0.39, 0.29) is 5.91 Å². The first-order chi connectivity index (χ1) is 14.3. The van der Waals surface area contributed by atoms with Gasteiger partial charge in [-0.1, -0.05) is 49.7 Å². The van der Waals surface area contributed by atoms with Crippen LogP contribution in [0.5, 0.6) is 5.75 Å². The number of amides is 1. The van der Waals surface area contributed by atoms with E-state index in [0.717, 1.165) is 33.1 Å². The van der Waals surface area contributed by atoms with Crippen LogP contribution in [0, 0.1) is 6.92 Å². The van der Waals surface area contributed by atoms with Crippen LogP contribution in [0.1, 0.15) is 43.5 Å².